The third-order valence-corrected chi connectivity index (χ3v) is 5.46. The molecule has 0 atom stereocenters. The maximum Gasteiger partial charge on any atom is 0.207 e. The fourth-order valence-corrected chi connectivity index (χ4v) is 4.19. The maximum atomic E-state index is 12.6. The van der Waals surface area contributed by atoms with Crippen LogP contribution in [0.15, 0.2) is 52.3 Å². The molecule has 0 amide bonds. The van der Waals surface area contributed by atoms with Gasteiger partial charge in [0.15, 0.2) is 0 Å². The van der Waals surface area contributed by atoms with E-state index in [1.54, 1.807) is 12.1 Å². The molecule has 19 heavy (non-hydrogen) atoms. The van der Waals surface area contributed by atoms with Gasteiger partial charge in [-0.2, -0.15) is 0 Å². The second-order valence-corrected chi connectivity index (χ2v) is 7.85. The second kappa shape index (κ2) is 3.70. The van der Waals surface area contributed by atoms with Crippen LogP contribution in [0.1, 0.15) is 26.3 Å². The fourth-order valence-electron chi connectivity index (χ4n) is 2.48. The molecule has 2 aromatic carbocycles. The van der Waals surface area contributed by atoms with Crippen molar-refractivity contribution in [3.8, 4) is 11.1 Å². The monoisotopic (exact) mass is 272 g/mol. The van der Waals surface area contributed by atoms with Gasteiger partial charge in [-0.1, -0.05) is 51.1 Å². The third kappa shape index (κ3) is 1.72. The molecule has 3 rings (SSSR count). The zero-order chi connectivity index (χ0) is 13.8. The molecular formula is C16H16O2S. The molecule has 2 nitrogen and oxygen atoms in total. The molecule has 1 aliphatic heterocycles. The molecule has 1 heterocycles. The Labute approximate surface area is 114 Å². The minimum Gasteiger partial charge on any atom is -0.218 e. The number of hydrogen-bond acceptors (Lipinski definition) is 2. The summed E-state index contributed by atoms with van der Waals surface area (Å²) in [7, 11) is -3.35. The van der Waals surface area contributed by atoms with Gasteiger partial charge in [-0.3, -0.25) is 0 Å². The number of hydrogen-bond donors (Lipinski definition) is 0. The Hall–Kier alpha value is -1.61. The molecule has 0 saturated carbocycles. The lowest BCUT2D eigenvalue weighted by atomic mass is 9.86. The van der Waals surface area contributed by atoms with Crippen LogP contribution in [-0.2, 0) is 15.3 Å². The van der Waals surface area contributed by atoms with E-state index >= 15 is 0 Å². The highest BCUT2D eigenvalue weighted by Gasteiger charge is 2.33. The van der Waals surface area contributed by atoms with Gasteiger partial charge in [0, 0.05) is 11.1 Å². The summed E-state index contributed by atoms with van der Waals surface area (Å²) in [5.41, 5.74) is 2.63. The van der Waals surface area contributed by atoms with E-state index in [0.717, 1.165) is 16.7 Å². The SMILES string of the molecule is CC(C)(C)c1ccc2c(c1)S(=O)(=O)c1ccccc1-2. The second-order valence-electron chi connectivity index (χ2n) is 5.96. The highest BCUT2D eigenvalue weighted by atomic mass is 32.2. The molecule has 98 valence electrons. The van der Waals surface area contributed by atoms with Gasteiger partial charge < -0.3 is 0 Å². The van der Waals surface area contributed by atoms with Crippen LogP contribution in [0.25, 0.3) is 11.1 Å². The lowest BCUT2D eigenvalue weighted by Crippen LogP contribution is -2.11. The summed E-state index contributed by atoms with van der Waals surface area (Å²) in [6.07, 6.45) is 0. The van der Waals surface area contributed by atoms with Gasteiger partial charge in [0.05, 0.1) is 9.79 Å². The first-order valence-corrected chi connectivity index (χ1v) is 7.79. The van der Waals surface area contributed by atoms with Crippen LogP contribution in [0.3, 0.4) is 0 Å². The largest absolute Gasteiger partial charge is 0.218 e. The normalized spacial score (nSPS) is 15.9. The number of rotatable bonds is 0. The first-order chi connectivity index (χ1) is 8.82. The zero-order valence-electron chi connectivity index (χ0n) is 11.3. The summed E-state index contributed by atoms with van der Waals surface area (Å²) >= 11 is 0. The predicted molar refractivity (Wildman–Crippen MR) is 76.0 cm³/mol. The van der Waals surface area contributed by atoms with Crippen molar-refractivity contribution in [1.82, 2.24) is 0 Å². The Bertz CT molecular complexity index is 766. The van der Waals surface area contributed by atoms with Crippen molar-refractivity contribution in [3.05, 3.63) is 48.0 Å². The molecule has 3 heteroatoms. The van der Waals surface area contributed by atoms with E-state index in [1.807, 2.05) is 30.3 Å². The van der Waals surface area contributed by atoms with Crippen LogP contribution in [0.5, 0.6) is 0 Å². The number of benzene rings is 2. The zero-order valence-corrected chi connectivity index (χ0v) is 12.1. The molecule has 0 aromatic heterocycles. The van der Waals surface area contributed by atoms with Gasteiger partial charge in [-0.05, 0) is 23.1 Å². The number of fused-ring (bicyclic) bond motifs is 3. The Morgan fingerprint density at radius 3 is 2.16 bits per heavy atom. The molecule has 0 N–H and O–H groups in total. The minimum atomic E-state index is -3.35. The van der Waals surface area contributed by atoms with Gasteiger partial charge in [0.2, 0.25) is 9.84 Å². The van der Waals surface area contributed by atoms with E-state index in [9.17, 15) is 8.42 Å². The van der Waals surface area contributed by atoms with Gasteiger partial charge in [0.1, 0.15) is 0 Å². The van der Waals surface area contributed by atoms with Crippen LogP contribution < -0.4 is 0 Å². The van der Waals surface area contributed by atoms with Crippen LogP contribution >= 0.6 is 0 Å². The van der Waals surface area contributed by atoms with Gasteiger partial charge >= 0.3 is 0 Å². The molecule has 0 unspecified atom stereocenters. The Kier molecular flexibility index (Phi) is 2.42. The highest BCUT2D eigenvalue weighted by molar-refractivity contribution is 7.92. The van der Waals surface area contributed by atoms with E-state index in [0.29, 0.717) is 9.79 Å². The van der Waals surface area contributed by atoms with E-state index in [2.05, 4.69) is 20.8 Å². The smallest absolute Gasteiger partial charge is 0.207 e. The summed E-state index contributed by atoms with van der Waals surface area (Å²) in [6, 6.07) is 13.0. The summed E-state index contributed by atoms with van der Waals surface area (Å²) in [5, 5.41) is 0. The van der Waals surface area contributed by atoms with Gasteiger partial charge in [-0.25, -0.2) is 8.42 Å². The first kappa shape index (κ1) is 12.4. The molecule has 0 spiro atoms. The Balaban J connectivity index is 2.34. The molecule has 0 saturated heterocycles. The summed E-state index contributed by atoms with van der Waals surface area (Å²) in [6.45, 7) is 6.26. The average Bonchev–Trinajstić information content (AvgIpc) is 2.58. The maximum absolute atomic E-state index is 12.6. The van der Waals surface area contributed by atoms with Crippen molar-refractivity contribution in [2.45, 2.75) is 36.0 Å². The Morgan fingerprint density at radius 1 is 0.842 bits per heavy atom. The van der Waals surface area contributed by atoms with E-state index in [-0.39, 0.29) is 5.41 Å². The average molecular weight is 272 g/mol. The highest BCUT2D eigenvalue weighted by Crippen LogP contribution is 2.44. The molecule has 0 fully saturated rings. The van der Waals surface area contributed by atoms with Crippen molar-refractivity contribution in [2.24, 2.45) is 0 Å². The lowest BCUT2D eigenvalue weighted by molar-refractivity contribution is 0.585. The van der Waals surface area contributed by atoms with Crippen molar-refractivity contribution in [3.63, 3.8) is 0 Å². The molecule has 1 aliphatic rings. The van der Waals surface area contributed by atoms with E-state index in [1.165, 1.54) is 0 Å². The van der Waals surface area contributed by atoms with Crippen molar-refractivity contribution >= 4 is 9.84 Å². The quantitative estimate of drug-likeness (QED) is 0.624. The van der Waals surface area contributed by atoms with E-state index < -0.39 is 9.84 Å². The lowest BCUT2D eigenvalue weighted by Gasteiger charge is -2.19. The van der Waals surface area contributed by atoms with Crippen LogP contribution in [0, 0.1) is 0 Å². The molecule has 2 aromatic rings. The predicted octanol–water partition coefficient (Wildman–Crippen LogP) is 3.80. The minimum absolute atomic E-state index is 0.0562. The Morgan fingerprint density at radius 2 is 1.47 bits per heavy atom. The van der Waals surface area contributed by atoms with Crippen molar-refractivity contribution < 1.29 is 8.42 Å². The molecular weight excluding hydrogens is 256 g/mol. The molecule has 0 aliphatic carbocycles. The third-order valence-electron chi connectivity index (χ3n) is 3.60. The molecule has 0 bridgehead atoms. The van der Waals surface area contributed by atoms with Crippen molar-refractivity contribution in [1.29, 1.82) is 0 Å². The standard InChI is InChI=1S/C16H16O2S/c1-16(2,3)11-8-9-13-12-6-4-5-7-14(12)19(17,18)15(13)10-11/h4-10H,1-3H3. The van der Waals surface area contributed by atoms with Crippen molar-refractivity contribution in [2.75, 3.05) is 0 Å². The van der Waals surface area contributed by atoms with Gasteiger partial charge in [-0.15, -0.1) is 0 Å². The van der Waals surface area contributed by atoms with Gasteiger partial charge in [0.25, 0.3) is 0 Å². The number of sulfone groups is 1. The van der Waals surface area contributed by atoms with E-state index in [4.69, 9.17) is 0 Å². The van der Waals surface area contributed by atoms with Crippen LogP contribution in [0.4, 0.5) is 0 Å². The summed E-state index contributed by atoms with van der Waals surface area (Å²) in [4.78, 5) is 0.872. The fraction of sp³-hybridized carbons (Fsp3) is 0.250. The van der Waals surface area contributed by atoms with Crippen LogP contribution in [0.2, 0.25) is 0 Å². The summed E-state index contributed by atoms with van der Waals surface area (Å²) < 4.78 is 25.1. The molecule has 0 radical (unpaired) electrons. The first-order valence-electron chi connectivity index (χ1n) is 6.31. The topological polar surface area (TPSA) is 34.1 Å². The summed E-state index contributed by atoms with van der Waals surface area (Å²) in [5.74, 6) is 0. The van der Waals surface area contributed by atoms with Crippen LogP contribution in [-0.4, -0.2) is 8.42 Å².